The fourth-order valence-electron chi connectivity index (χ4n) is 3.89. The van der Waals surface area contributed by atoms with Gasteiger partial charge in [0.15, 0.2) is 6.04 Å². The summed E-state index contributed by atoms with van der Waals surface area (Å²) < 4.78 is 1.07. The van der Waals surface area contributed by atoms with E-state index in [1.54, 1.807) is 55.5 Å². The van der Waals surface area contributed by atoms with Crippen LogP contribution in [0.25, 0.3) is 34.2 Å². The van der Waals surface area contributed by atoms with Crippen molar-refractivity contribution in [1.29, 1.82) is 0 Å². The molecule has 5 heteroatoms. The first-order chi connectivity index (χ1) is 15.5. The van der Waals surface area contributed by atoms with Crippen LogP contribution in [0.2, 0.25) is 0 Å². The highest BCUT2D eigenvalue weighted by Crippen LogP contribution is 2.22. The maximum absolute atomic E-state index is 13.4. The third-order valence-electron chi connectivity index (χ3n) is 5.38. The fraction of sp³-hybridized carbons (Fsp3) is 0.0741. The van der Waals surface area contributed by atoms with E-state index in [9.17, 15) is 14.7 Å². The molecule has 4 aromatic rings. The van der Waals surface area contributed by atoms with Crippen molar-refractivity contribution < 1.29 is 9.90 Å². The maximum atomic E-state index is 13.4. The third-order valence-corrected chi connectivity index (χ3v) is 5.38. The Labute approximate surface area is 184 Å². The average Bonchev–Trinajstić information content (AvgIpc) is 2.81. The van der Waals surface area contributed by atoms with Gasteiger partial charge < -0.3 is 5.11 Å². The van der Waals surface area contributed by atoms with Crippen molar-refractivity contribution in [2.45, 2.75) is 13.0 Å². The van der Waals surface area contributed by atoms with Gasteiger partial charge in [0.25, 0.3) is 5.56 Å². The van der Waals surface area contributed by atoms with Crippen LogP contribution in [0.5, 0.6) is 0 Å². The number of carboxylic acid groups (broad SMARTS) is 1. The number of aliphatic carboxylic acids is 1. The van der Waals surface area contributed by atoms with Crippen LogP contribution in [0.4, 0.5) is 0 Å². The van der Waals surface area contributed by atoms with Crippen molar-refractivity contribution in [2.24, 2.45) is 0 Å². The number of aromatic nitrogens is 2. The molecule has 32 heavy (non-hydrogen) atoms. The highest BCUT2D eigenvalue weighted by atomic mass is 16.4. The van der Waals surface area contributed by atoms with Gasteiger partial charge in [0.1, 0.15) is 0 Å². The third kappa shape index (κ3) is 3.76. The molecule has 0 spiro atoms. The Morgan fingerprint density at radius 2 is 1.69 bits per heavy atom. The molecule has 0 amide bonds. The molecule has 0 fully saturated rings. The van der Waals surface area contributed by atoms with Gasteiger partial charge in [-0.05, 0) is 29.3 Å². The van der Waals surface area contributed by atoms with Gasteiger partial charge in [0, 0.05) is 16.0 Å². The number of rotatable bonds is 5. The van der Waals surface area contributed by atoms with Crippen LogP contribution >= 0.6 is 0 Å². The van der Waals surface area contributed by atoms with Crippen molar-refractivity contribution in [1.82, 2.24) is 9.78 Å². The lowest BCUT2D eigenvalue weighted by atomic mass is 10.0. The van der Waals surface area contributed by atoms with Crippen molar-refractivity contribution in [3.05, 3.63) is 112 Å². The summed E-state index contributed by atoms with van der Waals surface area (Å²) in [6.07, 6.45) is 5.02. The summed E-state index contributed by atoms with van der Waals surface area (Å²) in [5.41, 5.74) is 1.30. The first-order valence-corrected chi connectivity index (χ1v) is 10.2. The highest BCUT2D eigenvalue weighted by molar-refractivity contribution is 5.87. The second kappa shape index (κ2) is 8.86. The van der Waals surface area contributed by atoms with E-state index in [2.05, 4.69) is 11.7 Å². The number of carbonyl (C=O) groups is 1. The van der Waals surface area contributed by atoms with E-state index in [-0.39, 0.29) is 0 Å². The summed E-state index contributed by atoms with van der Waals surface area (Å²) in [6.45, 7) is 5.53. The standard InChI is InChI=1S/C27H22N2O3/c1-3-10-23-22(4-2)26(30)29(25(27(31)32)19-12-6-5-7-13-19)28-24(23)21-16-15-18-11-8-9-14-20(18)17-21/h3-17,25H,1H2,2H3,(H,31,32)/b22-4+,23-10+. The molecular weight excluding hydrogens is 400 g/mol. The number of fused-ring (bicyclic) bond motifs is 1. The Bertz CT molecular complexity index is 1500. The minimum atomic E-state index is -1.25. The van der Waals surface area contributed by atoms with E-state index in [4.69, 9.17) is 0 Å². The van der Waals surface area contributed by atoms with Gasteiger partial charge in [-0.15, -0.1) is 0 Å². The largest absolute Gasteiger partial charge is 0.479 e. The molecule has 0 radical (unpaired) electrons. The topological polar surface area (TPSA) is 72.2 Å². The lowest BCUT2D eigenvalue weighted by Gasteiger charge is -2.17. The first-order valence-electron chi connectivity index (χ1n) is 10.2. The number of nitrogens with zero attached hydrogens (tertiary/aromatic N) is 2. The molecule has 0 saturated heterocycles. The zero-order valence-corrected chi connectivity index (χ0v) is 17.6. The summed E-state index contributed by atoms with van der Waals surface area (Å²) in [7, 11) is 0. The van der Waals surface area contributed by atoms with Crippen LogP contribution in [-0.4, -0.2) is 20.9 Å². The van der Waals surface area contributed by atoms with E-state index < -0.39 is 17.6 Å². The van der Waals surface area contributed by atoms with Crippen LogP contribution in [0.3, 0.4) is 0 Å². The van der Waals surface area contributed by atoms with E-state index in [0.29, 0.717) is 21.7 Å². The van der Waals surface area contributed by atoms with E-state index in [0.717, 1.165) is 21.0 Å². The zero-order chi connectivity index (χ0) is 22.7. The van der Waals surface area contributed by atoms with Gasteiger partial charge in [0.05, 0.1) is 5.69 Å². The molecule has 0 aliphatic rings. The molecule has 0 saturated carbocycles. The Kier molecular flexibility index (Phi) is 5.81. The van der Waals surface area contributed by atoms with Crippen LogP contribution in [0.1, 0.15) is 18.5 Å². The molecule has 1 heterocycles. The van der Waals surface area contributed by atoms with Gasteiger partial charge in [-0.2, -0.15) is 5.10 Å². The molecule has 1 N–H and O–H groups in total. The smallest absolute Gasteiger partial charge is 0.333 e. The summed E-state index contributed by atoms with van der Waals surface area (Å²) >= 11 is 0. The molecule has 1 aromatic heterocycles. The van der Waals surface area contributed by atoms with Crippen LogP contribution < -0.4 is 16.0 Å². The molecule has 3 aromatic carbocycles. The van der Waals surface area contributed by atoms with Gasteiger partial charge in [-0.1, -0.05) is 91.5 Å². The van der Waals surface area contributed by atoms with Crippen molar-refractivity contribution in [3.8, 4) is 11.3 Å². The van der Waals surface area contributed by atoms with Crippen LogP contribution in [0, 0.1) is 0 Å². The molecule has 5 nitrogen and oxygen atoms in total. The van der Waals surface area contributed by atoms with Gasteiger partial charge in [-0.3, -0.25) is 4.79 Å². The van der Waals surface area contributed by atoms with Crippen LogP contribution in [-0.2, 0) is 4.79 Å². The Hall–Kier alpha value is -4.25. The summed E-state index contributed by atoms with van der Waals surface area (Å²) in [4.78, 5) is 25.6. The van der Waals surface area contributed by atoms with E-state index in [1.807, 2.05) is 42.5 Å². The predicted octanol–water partition coefficient (Wildman–Crippen LogP) is 3.50. The van der Waals surface area contributed by atoms with Crippen molar-refractivity contribution in [3.63, 3.8) is 0 Å². The second-order valence-corrected chi connectivity index (χ2v) is 7.33. The van der Waals surface area contributed by atoms with Crippen LogP contribution in [0.15, 0.2) is 90.2 Å². The lowest BCUT2D eigenvalue weighted by molar-refractivity contribution is -0.139. The van der Waals surface area contributed by atoms with E-state index >= 15 is 0 Å². The number of allylic oxidation sites excluding steroid dienone is 1. The fourth-order valence-corrected chi connectivity index (χ4v) is 3.89. The Morgan fingerprint density at radius 1 is 1.00 bits per heavy atom. The number of hydrogen-bond acceptors (Lipinski definition) is 3. The zero-order valence-electron chi connectivity index (χ0n) is 17.6. The SMILES string of the molecule is C=C/C=c1/c(-c2ccc3ccccc3c2)nn(C(C(=O)O)c2ccccc2)c(=O)/c1=C/C. The quantitative estimate of drug-likeness (QED) is 0.534. The predicted molar refractivity (Wildman–Crippen MR) is 128 cm³/mol. The Balaban J connectivity index is 2.09. The lowest BCUT2D eigenvalue weighted by Crippen LogP contribution is -2.49. The molecule has 0 aliphatic heterocycles. The minimum absolute atomic E-state index is 0.380. The Morgan fingerprint density at radius 3 is 2.34 bits per heavy atom. The first kappa shape index (κ1) is 21.0. The summed E-state index contributed by atoms with van der Waals surface area (Å²) in [5.74, 6) is -1.15. The molecule has 0 aliphatic carbocycles. The highest BCUT2D eigenvalue weighted by Gasteiger charge is 2.25. The minimum Gasteiger partial charge on any atom is -0.479 e. The van der Waals surface area contributed by atoms with Gasteiger partial charge >= 0.3 is 5.97 Å². The monoisotopic (exact) mass is 422 g/mol. The van der Waals surface area contributed by atoms with Gasteiger partial charge in [-0.25, -0.2) is 9.48 Å². The number of hydrogen-bond donors (Lipinski definition) is 1. The van der Waals surface area contributed by atoms with Gasteiger partial charge in [0.2, 0.25) is 0 Å². The number of benzene rings is 3. The summed E-state index contributed by atoms with van der Waals surface area (Å²) in [6, 6.07) is 21.3. The molecular formula is C27H22N2O3. The molecule has 0 bridgehead atoms. The molecule has 1 atom stereocenters. The molecule has 4 rings (SSSR count). The molecule has 158 valence electrons. The molecule has 1 unspecified atom stereocenters. The van der Waals surface area contributed by atoms with E-state index in [1.165, 1.54) is 0 Å². The maximum Gasteiger partial charge on any atom is 0.333 e. The second-order valence-electron chi connectivity index (χ2n) is 7.33. The van der Waals surface area contributed by atoms with Crippen molar-refractivity contribution in [2.75, 3.05) is 0 Å². The van der Waals surface area contributed by atoms with Crippen molar-refractivity contribution >= 4 is 28.9 Å². The number of carboxylic acids is 1. The average molecular weight is 422 g/mol. The summed E-state index contributed by atoms with van der Waals surface area (Å²) in [5, 5.41) is 17.7. The normalized spacial score (nSPS) is 13.3.